The second kappa shape index (κ2) is 6.55. The summed E-state index contributed by atoms with van der Waals surface area (Å²) in [6.45, 7) is 3.30. The van der Waals surface area contributed by atoms with Gasteiger partial charge in [0.1, 0.15) is 5.75 Å². The van der Waals surface area contributed by atoms with Crippen molar-refractivity contribution >= 4 is 16.9 Å². The first-order chi connectivity index (χ1) is 13.6. The zero-order chi connectivity index (χ0) is 19.3. The number of nitrogens with zero attached hydrogens (tertiary/aromatic N) is 2. The van der Waals surface area contributed by atoms with Crippen molar-refractivity contribution in [1.82, 2.24) is 14.5 Å². The molecule has 0 aliphatic carbocycles. The lowest BCUT2D eigenvalue weighted by Crippen LogP contribution is -2.46. The molecule has 6 heteroatoms. The molecular formula is C22H23N3O3. The number of hydrogen-bond donors (Lipinski definition) is 1. The fourth-order valence-electron chi connectivity index (χ4n) is 4.55. The molecule has 1 atom stereocenters. The molecule has 1 aromatic heterocycles. The molecule has 1 amide bonds. The SMILES string of the molecule is Cc1cccc2c1OC(C(=O)N1CCC(n3c(=O)[nH]c4ccccc43)CC1)C2. The third-order valence-corrected chi connectivity index (χ3v) is 6.00. The van der Waals surface area contributed by atoms with E-state index in [4.69, 9.17) is 4.74 Å². The number of benzene rings is 2. The summed E-state index contributed by atoms with van der Waals surface area (Å²) in [6, 6.07) is 13.9. The monoisotopic (exact) mass is 377 g/mol. The van der Waals surface area contributed by atoms with Crippen molar-refractivity contribution in [1.29, 1.82) is 0 Å². The zero-order valence-corrected chi connectivity index (χ0v) is 15.9. The van der Waals surface area contributed by atoms with Gasteiger partial charge in [-0.2, -0.15) is 0 Å². The largest absolute Gasteiger partial charge is 0.480 e. The molecule has 28 heavy (non-hydrogen) atoms. The molecule has 0 radical (unpaired) electrons. The van der Waals surface area contributed by atoms with E-state index >= 15 is 0 Å². The molecule has 1 saturated heterocycles. The fraction of sp³-hybridized carbons (Fsp3) is 0.364. The van der Waals surface area contributed by atoms with Crippen LogP contribution in [0.3, 0.4) is 0 Å². The number of aryl methyl sites for hydroxylation is 1. The third kappa shape index (κ3) is 2.71. The van der Waals surface area contributed by atoms with E-state index < -0.39 is 6.10 Å². The number of fused-ring (bicyclic) bond motifs is 2. The summed E-state index contributed by atoms with van der Waals surface area (Å²) in [7, 11) is 0. The van der Waals surface area contributed by atoms with Crippen molar-refractivity contribution < 1.29 is 9.53 Å². The van der Waals surface area contributed by atoms with Crippen LogP contribution in [0.2, 0.25) is 0 Å². The highest BCUT2D eigenvalue weighted by atomic mass is 16.5. The Hall–Kier alpha value is -3.02. The lowest BCUT2D eigenvalue weighted by atomic mass is 10.0. The molecule has 2 aromatic carbocycles. The van der Waals surface area contributed by atoms with Crippen LogP contribution in [0.4, 0.5) is 0 Å². The number of likely N-dealkylation sites (tertiary alicyclic amines) is 1. The fourth-order valence-corrected chi connectivity index (χ4v) is 4.55. The van der Waals surface area contributed by atoms with Gasteiger partial charge in [-0.3, -0.25) is 9.36 Å². The van der Waals surface area contributed by atoms with E-state index in [-0.39, 0.29) is 17.6 Å². The van der Waals surface area contributed by atoms with Crippen molar-refractivity contribution in [2.45, 2.75) is 38.3 Å². The minimum Gasteiger partial charge on any atom is -0.480 e. The van der Waals surface area contributed by atoms with E-state index in [1.54, 1.807) is 0 Å². The highest BCUT2D eigenvalue weighted by Crippen LogP contribution is 2.33. The molecule has 144 valence electrons. The molecule has 2 aliphatic heterocycles. The minimum atomic E-state index is -0.427. The average molecular weight is 377 g/mol. The summed E-state index contributed by atoms with van der Waals surface area (Å²) in [5, 5.41) is 0. The van der Waals surface area contributed by atoms with Gasteiger partial charge in [0.05, 0.1) is 11.0 Å². The van der Waals surface area contributed by atoms with Crippen molar-refractivity contribution in [2.24, 2.45) is 0 Å². The van der Waals surface area contributed by atoms with Gasteiger partial charge in [-0.25, -0.2) is 4.79 Å². The number of nitrogens with one attached hydrogen (secondary N) is 1. The van der Waals surface area contributed by atoms with E-state index in [1.807, 2.05) is 58.9 Å². The maximum atomic E-state index is 13.0. The highest BCUT2D eigenvalue weighted by molar-refractivity contribution is 5.83. The number of H-pyrrole nitrogens is 1. The molecule has 3 aromatic rings. The van der Waals surface area contributed by atoms with Gasteiger partial charge in [0.15, 0.2) is 6.10 Å². The molecule has 0 bridgehead atoms. The number of aromatic amines is 1. The molecule has 5 rings (SSSR count). The molecule has 2 aliphatic rings. The molecule has 1 fully saturated rings. The van der Waals surface area contributed by atoms with Crippen LogP contribution in [0.1, 0.15) is 30.0 Å². The van der Waals surface area contributed by atoms with E-state index in [2.05, 4.69) is 4.98 Å². The Labute approximate surface area is 162 Å². The van der Waals surface area contributed by atoms with Crippen LogP contribution in [-0.4, -0.2) is 39.6 Å². The van der Waals surface area contributed by atoms with Gasteiger partial charge in [-0.15, -0.1) is 0 Å². The van der Waals surface area contributed by atoms with Crippen molar-refractivity contribution in [2.75, 3.05) is 13.1 Å². The number of piperidine rings is 1. The molecule has 6 nitrogen and oxygen atoms in total. The molecule has 1 N–H and O–H groups in total. The predicted octanol–water partition coefficient (Wildman–Crippen LogP) is 2.81. The molecule has 0 saturated carbocycles. The van der Waals surface area contributed by atoms with Crippen molar-refractivity contribution in [3.05, 3.63) is 64.1 Å². The summed E-state index contributed by atoms with van der Waals surface area (Å²) >= 11 is 0. The molecular weight excluding hydrogens is 354 g/mol. The number of carbonyl (C=O) groups is 1. The van der Waals surface area contributed by atoms with Crippen LogP contribution in [-0.2, 0) is 11.2 Å². The van der Waals surface area contributed by atoms with E-state index in [1.165, 1.54) is 0 Å². The highest BCUT2D eigenvalue weighted by Gasteiger charge is 2.35. The zero-order valence-electron chi connectivity index (χ0n) is 15.9. The number of amides is 1. The Kier molecular flexibility index (Phi) is 4.00. The number of imidazole rings is 1. The van der Waals surface area contributed by atoms with Crippen LogP contribution in [0.5, 0.6) is 5.75 Å². The second-order valence-electron chi connectivity index (χ2n) is 7.75. The number of ether oxygens (including phenoxy) is 1. The van der Waals surface area contributed by atoms with Crippen LogP contribution >= 0.6 is 0 Å². The first-order valence-corrected chi connectivity index (χ1v) is 9.85. The van der Waals surface area contributed by atoms with Gasteiger partial charge in [0.25, 0.3) is 5.91 Å². The Morgan fingerprint density at radius 2 is 1.89 bits per heavy atom. The number of rotatable bonds is 2. The van der Waals surface area contributed by atoms with Gasteiger partial charge < -0.3 is 14.6 Å². The predicted molar refractivity (Wildman–Crippen MR) is 107 cm³/mol. The van der Waals surface area contributed by atoms with Crippen molar-refractivity contribution in [3.63, 3.8) is 0 Å². The van der Waals surface area contributed by atoms with E-state index in [9.17, 15) is 9.59 Å². The topological polar surface area (TPSA) is 67.3 Å². The number of hydrogen-bond acceptors (Lipinski definition) is 3. The minimum absolute atomic E-state index is 0.0559. The first-order valence-electron chi connectivity index (χ1n) is 9.85. The number of para-hydroxylation sites is 3. The maximum absolute atomic E-state index is 13.0. The Morgan fingerprint density at radius 3 is 2.68 bits per heavy atom. The van der Waals surface area contributed by atoms with Crippen LogP contribution < -0.4 is 10.4 Å². The summed E-state index contributed by atoms with van der Waals surface area (Å²) in [4.78, 5) is 30.2. The third-order valence-electron chi connectivity index (χ3n) is 6.00. The molecule has 3 heterocycles. The Bertz CT molecular complexity index is 1110. The lowest BCUT2D eigenvalue weighted by molar-refractivity contribution is -0.139. The summed E-state index contributed by atoms with van der Waals surface area (Å²) < 4.78 is 7.83. The normalized spacial score (nSPS) is 19.6. The van der Waals surface area contributed by atoms with Crippen LogP contribution in [0.25, 0.3) is 11.0 Å². The van der Waals surface area contributed by atoms with Gasteiger partial charge in [-0.05, 0) is 43.0 Å². The number of aromatic nitrogens is 2. The smallest absolute Gasteiger partial charge is 0.326 e. The lowest BCUT2D eigenvalue weighted by Gasteiger charge is -2.33. The molecule has 0 spiro atoms. The van der Waals surface area contributed by atoms with Gasteiger partial charge >= 0.3 is 5.69 Å². The Balaban J connectivity index is 1.29. The summed E-state index contributed by atoms with van der Waals surface area (Å²) in [5.74, 6) is 0.918. The molecule has 1 unspecified atom stereocenters. The van der Waals surface area contributed by atoms with Crippen LogP contribution in [0, 0.1) is 6.92 Å². The van der Waals surface area contributed by atoms with Gasteiger partial charge in [0, 0.05) is 25.6 Å². The van der Waals surface area contributed by atoms with Gasteiger partial charge in [-0.1, -0.05) is 30.3 Å². The average Bonchev–Trinajstić information content (AvgIpc) is 3.29. The van der Waals surface area contributed by atoms with E-state index in [0.29, 0.717) is 19.5 Å². The van der Waals surface area contributed by atoms with Crippen LogP contribution in [0.15, 0.2) is 47.3 Å². The Morgan fingerprint density at radius 1 is 1.11 bits per heavy atom. The van der Waals surface area contributed by atoms with Gasteiger partial charge in [0.2, 0.25) is 0 Å². The first kappa shape index (κ1) is 17.1. The maximum Gasteiger partial charge on any atom is 0.326 e. The second-order valence-corrected chi connectivity index (χ2v) is 7.75. The standard InChI is InChI=1S/C22H23N3O3/c1-14-5-4-6-15-13-19(28-20(14)15)21(26)24-11-9-16(10-12-24)25-18-8-3-2-7-17(18)23-22(25)27/h2-8,16,19H,9-13H2,1H3,(H,23,27). The number of carbonyl (C=O) groups excluding carboxylic acids is 1. The summed E-state index contributed by atoms with van der Waals surface area (Å²) in [5.41, 5.74) is 3.90. The quantitative estimate of drug-likeness (QED) is 0.747. The van der Waals surface area contributed by atoms with Crippen molar-refractivity contribution in [3.8, 4) is 5.75 Å². The van der Waals surface area contributed by atoms with E-state index in [0.717, 1.165) is 40.8 Å². The summed E-state index contributed by atoms with van der Waals surface area (Å²) in [6.07, 6.45) is 1.75.